The van der Waals surface area contributed by atoms with Crippen LogP contribution in [0.3, 0.4) is 0 Å². The van der Waals surface area contributed by atoms with Gasteiger partial charge in [0.2, 0.25) is 0 Å². The lowest BCUT2D eigenvalue weighted by Crippen LogP contribution is -2.28. The molecule has 5 nitrogen and oxygen atoms in total. The number of halogens is 1. The van der Waals surface area contributed by atoms with Gasteiger partial charge in [0.05, 0.1) is 11.8 Å². The lowest BCUT2D eigenvalue weighted by atomic mass is 10.1. The largest absolute Gasteiger partial charge is 0.387 e. The fourth-order valence-electron chi connectivity index (χ4n) is 2.31. The fraction of sp³-hybridized carbons (Fsp3) is 0.111. The van der Waals surface area contributed by atoms with Gasteiger partial charge in [-0.15, -0.1) is 0 Å². The molecule has 2 aromatic carbocycles. The number of rotatable bonds is 5. The van der Waals surface area contributed by atoms with Crippen molar-refractivity contribution in [3.63, 3.8) is 0 Å². The number of nitrogens with zero attached hydrogens (tertiary/aromatic N) is 1. The topological polar surface area (TPSA) is 78.0 Å². The highest BCUT2D eigenvalue weighted by molar-refractivity contribution is 6.30. The molecule has 0 spiro atoms. The predicted octanol–water partition coefficient (Wildman–Crippen LogP) is 3.19. The third kappa shape index (κ3) is 3.82. The van der Waals surface area contributed by atoms with Crippen molar-refractivity contribution in [3.8, 4) is 11.3 Å². The first-order valence-electron chi connectivity index (χ1n) is 7.45. The molecule has 0 saturated heterocycles. The number of aliphatic hydroxyl groups is 1. The minimum Gasteiger partial charge on any atom is -0.387 e. The highest BCUT2D eigenvalue weighted by Gasteiger charge is 2.11. The van der Waals surface area contributed by atoms with Crippen molar-refractivity contribution in [2.75, 3.05) is 6.54 Å². The standard InChI is InChI=1S/C18H16ClN3O2/c19-15-7-5-13(6-8-15)17(23)11-20-18(24)14-3-1-12(2-4-14)16-9-10-21-22-16/h1-10,17,23H,11H2,(H,20,24)(H,21,22). The molecule has 1 aromatic heterocycles. The predicted molar refractivity (Wildman–Crippen MR) is 92.8 cm³/mol. The van der Waals surface area contributed by atoms with Crippen LogP contribution in [0.5, 0.6) is 0 Å². The summed E-state index contributed by atoms with van der Waals surface area (Å²) in [6.45, 7) is 0.128. The van der Waals surface area contributed by atoms with E-state index in [1.165, 1.54) is 0 Å². The smallest absolute Gasteiger partial charge is 0.251 e. The summed E-state index contributed by atoms with van der Waals surface area (Å²) in [6, 6.07) is 15.9. The van der Waals surface area contributed by atoms with E-state index in [9.17, 15) is 9.90 Å². The monoisotopic (exact) mass is 341 g/mol. The zero-order chi connectivity index (χ0) is 16.9. The van der Waals surface area contributed by atoms with Crippen LogP contribution in [0.25, 0.3) is 11.3 Å². The quantitative estimate of drug-likeness (QED) is 0.667. The van der Waals surface area contributed by atoms with E-state index in [1.807, 2.05) is 18.2 Å². The Hall–Kier alpha value is -2.63. The number of aromatic nitrogens is 2. The van der Waals surface area contributed by atoms with E-state index >= 15 is 0 Å². The number of aromatic amines is 1. The summed E-state index contributed by atoms with van der Waals surface area (Å²) in [4.78, 5) is 12.2. The highest BCUT2D eigenvalue weighted by Crippen LogP contribution is 2.18. The van der Waals surface area contributed by atoms with Crippen LogP contribution in [-0.4, -0.2) is 27.8 Å². The van der Waals surface area contributed by atoms with Gasteiger partial charge in [0, 0.05) is 23.3 Å². The van der Waals surface area contributed by atoms with Crippen molar-refractivity contribution in [1.29, 1.82) is 0 Å². The zero-order valence-corrected chi connectivity index (χ0v) is 13.5. The Balaban J connectivity index is 1.59. The van der Waals surface area contributed by atoms with Crippen molar-refractivity contribution in [2.45, 2.75) is 6.10 Å². The van der Waals surface area contributed by atoms with E-state index in [-0.39, 0.29) is 12.5 Å². The second-order valence-electron chi connectivity index (χ2n) is 5.33. The van der Waals surface area contributed by atoms with Gasteiger partial charge in [0.1, 0.15) is 0 Å². The SMILES string of the molecule is O=C(NCC(O)c1ccc(Cl)cc1)c1ccc(-c2ccn[nH]2)cc1. The lowest BCUT2D eigenvalue weighted by molar-refractivity contribution is 0.0916. The maximum absolute atomic E-state index is 12.2. The first-order valence-corrected chi connectivity index (χ1v) is 7.83. The van der Waals surface area contributed by atoms with E-state index < -0.39 is 6.10 Å². The lowest BCUT2D eigenvalue weighted by Gasteiger charge is -2.12. The first-order chi connectivity index (χ1) is 11.6. The van der Waals surface area contributed by atoms with Crippen LogP contribution >= 0.6 is 11.6 Å². The molecule has 6 heteroatoms. The van der Waals surface area contributed by atoms with Gasteiger partial charge in [-0.2, -0.15) is 5.10 Å². The van der Waals surface area contributed by atoms with Crippen LogP contribution in [0, 0.1) is 0 Å². The summed E-state index contributed by atoms with van der Waals surface area (Å²) in [5, 5.41) is 20.2. The van der Waals surface area contributed by atoms with Gasteiger partial charge in [-0.05, 0) is 41.5 Å². The molecule has 3 aromatic rings. The minimum absolute atomic E-state index is 0.128. The molecule has 0 radical (unpaired) electrons. The molecule has 0 fully saturated rings. The number of benzene rings is 2. The Morgan fingerprint density at radius 1 is 1.12 bits per heavy atom. The van der Waals surface area contributed by atoms with Crippen LogP contribution in [-0.2, 0) is 0 Å². The molecule has 3 N–H and O–H groups in total. The van der Waals surface area contributed by atoms with E-state index in [0.29, 0.717) is 16.1 Å². The Morgan fingerprint density at radius 2 is 1.83 bits per heavy atom. The van der Waals surface area contributed by atoms with Gasteiger partial charge < -0.3 is 10.4 Å². The van der Waals surface area contributed by atoms with E-state index in [1.54, 1.807) is 42.6 Å². The molecule has 0 saturated carbocycles. The Bertz CT molecular complexity index is 799. The third-order valence-corrected chi connectivity index (χ3v) is 3.92. The number of nitrogens with one attached hydrogen (secondary N) is 2. The fourth-order valence-corrected chi connectivity index (χ4v) is 2.44. The summed E-state index contributed by atoms with van der Waals surface area (Å²) in [6.07, 6.45) is 0.893. The molecular weight excluding hydrogens is 326 g/mol. The van der Waals surface area contributed by atoms with E-state index in [4.69, 9.17) is 11.6 Å². The van der Waals surface area contributed by atoms with Crippen LogP contribution in [0.4, 0.5) is 0 Å². The molecule has 1 amide bonds. The molecule has 24 heavy (non-hydrogen) atoms. The van der Waals surface area contributed by atoms with Crippen LogP contribution in [0.15, 0.2) is 60.8 Å². The first kappa shape index (κ1) is 16.2. The number of amides is 1. The average molecular weight is 342 g/mol. The molecule has 0 bridgehead atoms. The number of hydrogen-bond acceptors (Lipinski definition) is 3. The average Bonchev–Trinajstić information content (AvgIpc) is 3.15. The highest BCUT2D eigenvalue weighted by atomic mass is 35.5. The zero-order valence-electron chi connectivity index (χ0n) is 12.7. The molecule has 122 valence electrons. The number of H-pyrrole nitrogens is 1. The Kier molecular flexibility index (Phi) is 4.93. The van der Waals surface area contributed by atoms with Crippen molar-refractivity contribution in [1.82, 2.24) is 15.5 Å². The summed E-state index contributed by atoms with van der Waals surface area (Å²) in [5.41, 5.74) is 3.07. The van der Waals surface area contributed by atoms with Gasteiger partial charge in [-0.3, -0.25) is 9.89 Å². The Labute approximate surface area is 144 Å². The third-order valence-electron chi connectivity index (χ3n) is 3.67. The van der Waals surface area contributed by atoms with E-state index in [2.05, 4.69) is 15.5 Å². The van der Waals surface area contributed by atoms with Gasteiger partial charge in [0.15, 0.2) is 0 Å². The summed E-state index contributed by atoms with van der Waals surface area (Å²) in [5.74, 6) is -0.237. The van der Waals surface area contributed by atoms with Crippen molar-refractivity contribution < 1.29 is 9.90 Å². The van der Waals surface area contributed by atoms with Crippen molar-refractivity contribution >= 4 is 17.5 Å². The summed E-state index contributed by atoms with van der Waals surface area (Å²) < 4.78 is 0. The van der Waals surface area contributed by atoms with Crippen LogP contribution < -0.4 is 5.32 Å². The summed E-state index contributed by atoms with van der Waals surface area (Å²) >= 11 is 5.82. The van der Waals surface area contributed by atoms with Gasteiger partial charge in [-0.1, -0.05) is 35.9 Å². The normalized spacial score (nSPS) is 11.9. The second-order valence-corrected chi connectivity index (χ2v) is 5.76. The number of carbonyl (C=O) groups is 1. The number of carbonyl (C=O) groups excluding carboxylic acids is 1. The van der Waals surface area contributed by atoms with Crippen LogP contribution in [0.1, 0.15) is 22.0 Å². The van der Waals surface area contributed by atoms with Gasteiger partial charge in [0.25, 0.3) is 5.91 Å². The second kappa shape index (κ2) is 7.29. The number of hydrogen-bond donors (Lipinski definition) is 3. The molecule has 0 aliphatic carbocycles. The van der Waals surface area contributed by atoms with Crippen molar-refractivity contribution in [2.24, 2.45) is 0 Å². The Morgan fingerprint density at radius 3 is 2.46 bits per heavy atom. The van der Waals surface area contributed by atoms with Crippen LogP contribution in [0.2, 0.25) is 5.02 Å². The maximum atomic E-state index is 12.2. The molecule has 0 aliphatic rings. The number of aliphatic hydroxyl groups excluding tert-OH is 1. The molecule has 1 atom stereocenters. The molecule has 3 rings (SSSR count). The molecule has 1 heterocycles. The van der Waals surface area contributed by atoms with E-state index in [0.717, 1.165) is 11.3 Å². The van der Waals surface area contributed by atoms with Gasteiger partial charge >= 0.3 is 0 Å². The molecule has 1 unspecified atom stereocenters. The minimum atomic E-state index is -0.782. The molecule has 0 aliphatic heterocycles. The summed E-state index contributed by atoms with van der Waals surface area (Å²) in [7, 11) is 0. The van der Waals surface area contributed by atoms with Gasteiger partial charge in [-0.25, -0.2) is 0 Å². The van der Waals surface area contributed by atoms with Crippen molar-refractivity contribution in [3.05, 3.63) is 76.9 Å². The maximum Gasteiger partial charge on any atom is 0.251 e. The molecular formula is C18H16ClN3O2.